The fourth-order valence-electron chi connectivity index (χ4n) is 4.01. The average Bonchev–Trinajstić information content (AvgIpc) is 2.87. The Kier molecular flexibility index (Phi) is 10.3. The van der Waals surface area contributed by atoms with Crippen molar-refractivity contribution >= 4 is 5.97 Å². The van der Waals surface area contributed by atoms with Crippen molar-refractivity contribution < 1.29 is 14.3 Å². The van der Waals surface area contributed by atoms with Gasteiger partial charge >= 0.3 is 5.97 Å². The minimum absolute atomic E-state index is 0.190. The molecule has 6 nitrogen and oxygen atoms in total. The molecule has 2 aromatic carbocycles. The maximum atomic E-state index is 13.1. The number of aromatic nitrogens is 1. The van der Waals surface area contributed by atoms with Crippen LogP contribution in [0.15, 0.2) is 77.7 Å². The topological polar surface area (TPSA) is 83.5 Å². The molecule has 36 heavy (non-hydrogen) atoms. The molecular formula is C30H38N2O4. The van der Waals surface area contributed by atoms with Gasteiger partial charge in [0, 0.05) is 13.0 Å². The molecule has 1 atom stereocenters. The molecule has 0 saturated heterocycles. The first-order valence-electron chi connectivity index (χ1n) is 12.9. The predicted octanol–water partition coefficient (Wildman–Crippen LogP) is 5.65. The second-order valence-electron chi connectivity index (χ2n) is 9.54. The van der Waals surface area contributed by atoms with Gasteiger partial charge in [0.15, 0.2) is 5.75 Å². The lowest BCUT2D eigenvalue weighted by Gasteiger charge is -2.24. The van der Waals surface area contributed by atoms with Crippen LogP contribution < -0.4 is 20.6 Å². The van der Waals surface area contributed by atoms with Crippen molar-refractivity contribution in [1.82, 2.24) is 4.57 Å². The largest absolute Gasteiger partial charge is 0.483 e. The van der Waals surface area contributed by atoms with Crippen molar-refractivity contribution in [3.05, 3.63) is 94.3 Å². The molecule has 0 radical (unpaired) electrons. The molecule has 0 saturated carbocycles. The van der Waals surface area contributed by atoms with Crippen LogP contribution in [-0.4, -0.2) is 16.1 Å². The number of ether oxygens (including phenoxy) is 2. The molecular weight excluding hydrogens is 452 g/mol. The number of carbonyl (C=O) groups is 1. The van der Waals surface area contributed by atoms with E-state index in [1.54, 1.807) is 17.7 Å². The fourth-order valence-corrected chi connectivity index (χ4v) is 4.01. The Balaban J connectivity index is 1.75. The molecule has 0 amide bonds. The first-order valence-corrected chi connectivity index (χ1v) is 12.9. The van der Waals surface area contributed by atoms with E-state index in [2.05, 4.69) is 6.92 Å². The summed E-state index contributed by atoms with van der Waals surface area (Å²) < 4.78 is 13.3. The van der Waals surface area contributed by atoms with Gasteiger partial charge in [-0.15, -0.1) is 0 Å². The molecule has 0 aliphatic rings. The Morgan fingerprint density at radius 3 is 2.19 bits per heavy atom. The second kappa shape index (κ2) is 13.6. The summed E-state index contributed by atoms with van der Waals surface area (Å²) in [4.78, 5) is 25.9. The van der Waals surface area contributed by atoms with E-state index in [1.807, 2.05) is 60.7 Å². The van der Waals surface area contributed by atoms with Gasteiger partial charge in [-0.2, -0.15) is 0 Å². The minimum Gasteiger partial charge on any atom is -0.483 e. The summed E-state index contributed by atoms with van der Waals surface area (Å²) in [6.07, 6.45) is 8.72. The normalized spacial score (nSPS) is 12.6. The number of rotatable bonds is 14. The summed E-state index contributed by atoms with van der Waals surface area (Å²) in [5.41, 5.74) is 6.67. The Hall–Kier alpha value is -3.38. The van der Waals surface area contributed by atoms with Crippen molar-refractivity contribution in [1.29, 1.82) is 0 Å². The molecule has 1 aromatic heterocycles. The lowest BCUT2D eigenvalue weighted by Crippen LogP contribution is -2.49. The number of nitrogens with zero attached hydrogens (tertiary/aromatic N) is 1. The molecule has 3 aromatic rings. The summed E-state index contributed by atoms with van der Waals surface area (Å²) >= 11 is 0. The van der Waals surface area contributed by atoms with Gasteiger partial charge in [0.05, 0.1) is 12.3 Å². The summed E-state index contributed by atoms with van der Waals surface area (Å²) in [5.74, 6) is -0.166. The van der Waals surface area contributed by atoms with Gasteiger partial charge < -0.3 is 19.8 Å². The molecule has 1 heterocycles. The van der Waals surface area contributed by atoms with Crippen molar-refractivity contribution in [3.8, 4) is 11.6 Å². The average molecular weight is 491 g/mol. The fraction of sp³-hybridized carbons (Fsp3) is 0.400. The monoisotopic (exact) mass is 490 g/mol. The number of pyridine rings is 1. The van der Waals surface area contributed by atoms with Crippen LogP contribution >= 0.6 is 0 Å². The number of benzene rings is 2. The molecule has 6 heteroatoms. The van der Waals surface area contributed by atoms with Crippen LogP contribution in [0.1, 0.15) is 63.5 Å². The molecule has 0 fully saturated rings. The van der Waals surface area contributed by atoms with E-state index in [-0.39, 0.29) is 23.7 Å². The van der Waals surface area contributed by atoms with Gasteiger partial charge in [0.25, 0.3) is 0 Å². The number of unbranched alkanes of at least 4 members (excludes halogenated alkanes) is 5. The maximum absolute atomic E-state index is 13.1. The van der Waals surface area contributed by atoms with Crippen LogP contribution in [0.2, 0.25) is 0 Å². The number of nitrogens with two attached hydrogens (primary N) is 1. The molecule has 0 aliphatic carbocycles. The smallest absolute Gasteiger partial charge is 0.332 e. The molecule has 1 unspecified atom stereocenters. The highest BCUT2D eigenvalue weighted by Gasteiger charge is 2.31. The van der Waals surface area contributed by atoms with Crippen LogP contribution in [0.5, 0.6) is 11.6 Å². The van der Waals surface area contributed by atoms with Gasteiger partial charge in [-0.05, 0) is 24.5 Å². The third-order valence-corrected chi connectivity index (χ3v) is 6.12. The van der Waals surface area contributed by atoms with E-state index >= 15 is 0 Å². The van der Waals surface area contributed by atoms with Crippen LogP contribution in [0.25, 0.3) is 0 Å². The van der Waals surface area contributed by atoms with Crippen LogP contribution in [0.3, 0.4) is 0 Å². The highest BCUT2D eigenvalue weighted by molar-refractivity contribution is 5.82. The van der Waals surface area contributed by atoms with E-state index in [9.17, 15) is 9.59 Å². The van der Waals surface area contributed by atoms with Crippen molar-refractivity contribution in [2.24, 2.45) is 5.73 Å². The maximum Gasteiger partial charge on any atom is 0.332 e. The third kappa shape index (κ3) is 8.38. The SMILES string of the molecule is CCCCCCCCn1cc(OCc2ccccc2)c(=O)cc1OC(=O)C(C)(N)Cc1ccccc1. The molecule has 3 rings (SSSR count). The van der Waals surface area contributed by atoms with E-state index < -0.39 is 11.5 Å². The first-order chi connectivity index (χ1) is 17.4. The zero-order chi connectivity index (χ0) is 25.8. The summed E-state index contributed by atoms with van der Waals surface area (Å²) in [6.45, 7) is 4.73. The van der Waals surface area contributed by atoms with Gasteiger partial charge in [-0.3, -0.25) is 4.79 Å². The molecule has 192 valence electrons. The van der Waals surface area contributed by atoms with Crippen LogP contribution in [0, 0.1) is 0 Å². The summed E-state index contributed by atoms with van der Waals surface area (Å²) in [6, 6.07) is 20.6. The van der Waals surface area contributed by atoms with Gasteiger partial charge in [0.2, 0.25) is 11.3 Å². The van der Waals surface area contributed by atoms with Gasteiger partial charge in [-0.25, -0.2) is 4.79 Å². The standard InChI is InChI=1S/C30H38N2O4/c1-3-4-5-6-7-14-19-32-22-27(35-23-25-17-12-9-13-18-25)26(33)20-28(32)36-29(34)30(2,31)21-24-15-10-8-11-16-24/h8-13,15-18,20,22H,3-7,14,19,21,23,31H2,1-2H3. The number of aryl methyl sites for hydroxylation is 1. The molecule has 2 N–H and O–H groups in total. The zero-order valence-corrected chi connectivity index (χ0v) is 21.4. The van der Waals surface area contributed by atoms with E-state index in [1.165, 1.54) is 25.3 Å². The lowest BCUT2D eigenvalue weighted by atomic mass is 9.94. The van der Waals surface area contributed by atoms with E-state index in [4.69, 9.17) is 15.2 Å². The van der Waals surface area contributed by atoms with E-state index in [0.717, 1.165) is 30.4 Å². The Labute approximate surface area is 214 Å². The number of hydrogen-bond acceptors (Lipinski definition) is 5. The van der Waals surface area contributed by atoms with Crippen molar-refractivity contribution in [3.63, 3.8) is 0 Å². The van der Waals surface area contributed by atoms with Crippen LogP contribution in [0.4, 0.5) is 0 Å². The van der Waals surface area contributed by atoms with E-state index in [0.29, 0.717) is 13.0 Å². The van der Waals surface area contributed by atoms with Crippen molar-refractivity contribution in [2.45, 2.75) is 77.5 Å². The second-order valence-corrected chi connectivity index (χ2v) is 9.54. The molecule has 0 aliphatic heterocycles. The highest BCUT2D eigenvalue weighted by Crippen LogP contribution is 2.20. The lowest BCUT2D eigenvalue weighted by molar-refractivity contribution is -0.140. The number of hydrogen-bond donors (Lipinski definition) is 1. The highest BCUT2D eigenvalue weighted by atomic mass is 16.5. The number of carbonyl (C=O) groups excluding carboxylic acids is 1. The minimum atomic E-state index is -1.25. The Bertz CT molecular complexity index is 1140. The first kappa shape index (κ1) is 27.2. The summed E-state index contributed by atoms with van der Waals surface area (Å²) in [7, 11) is 0. The summed E-state index contributed by atoms with van der Waals surface area (Å²) in [5, 5.41) is 0. The third-order valence-electron chi connectivity index (χ3n) is 6.12. The Morgan fingerprint density at radius 2 is 1.53 bits per heavy atom. The Morgan fingerprint density at radius 1 is 0.917 bits per heavy atom. The van der Waals surface area contributed by atoms with Crippen LogP contribution in [-0.2, 0) is 24.4 Å². The van der Waals surface area contributed by atoms with Crippen molar-refractivity contribution in [2.75, 3.05) is 0 Å². The predicted molar refractivity (Wildman–Crippen MR) is 143 cm³/mol. The number of esters is 1. The zero-order valence-electron chi connectivity index (χ0n) is 21.4. The van der Waals surface area contributed by atoms with Gasteiger partial charge in [0.1, 0.15) is 12.1 Å². The quantitative estimate of drug-likeness (QED) is 0.233. The molecule has 0 spiro atoms. The molecule has 0 bridgehead atoms. The van der Waals surface area contributed by atoms with Gasteiger partial charge in [-0.1, -0.05) is 99.7 Å².